The number of halogens is 1. The Morgan fingerprint density at radius 3 is 2.28 bits per heavy atom. The Labute approximate surface area is 158 Å². The summed E-state index contributed by atoms with van der Waals surface area (Å²) in [7, 11) is -3.42. The van der Waals surface area contributed by atoms with E-state index in [-0.39, 0.29) is 0 Å². The Hall–Kier alpha value is -1.21. The highest BCUT2D eigenvalue weighted by atomic mass is 79.9. The first-order chi connectivity index (χ1) is 11.9. The summed E-state index contributed by atoms with van der Waals surface area (Å²) in [5, 5.41) is 0. The van der Waals surface area contributed by atoms with E-state index in [2.05, 4.69) is 52.0 Å². The first kappa shape index (κ1) is 18.6. The van der Waals surface area contributed by atoms with Crippen LogP contribution in [0.15, 0.2) is 57.9 Å². The lowest BCUT2D eigenvalue weighted by molar-refractivity contribution is 0.278. The molecule has 1 aliphatic rings. The van der Waals surface area contributed by atoms with Gasteiger partial charge in [0.1, 0.15) is 0 Å². The van der Waals surface area contributed by atoms with Crippen molar-refractivity contribution in [2.45, 2.75) is 24.8 Å². The van der Waals surface area contributed by atoms with Gasteiger partial charge in [-0.15, -0.1) is 0 Å². The number of sulfonamides is 1. The number of nitrogens with zero attached hydrogens (tertiary/aromatic N) is 2. The molecular formula is C19H23BrN2O2S. The van der Waals surface area contributed by atoms with Gasteiger partial charge in [-0.1, -0.05) is 45.8 Å². The average molecular weight is 423 g/mol. The summed E-state index contributed by atoms with van der Waals surface area (Å²) in [5.41, 5.74) is 2.53. The first-order valence-corrected chi connectivity index (χ1v) is 10.7. The fraction of sp³-hybridized carbons (Fsp3) is 0.368. The van der Waals surface area contributed by atoms with Crippen molar-refractivity contribution in [2.24, 2.45) is 0 Å². The first-order valence-electron chi connectivity index (χ1n) is 8.49. The Kier molecular flexibility index (Phi) is 5.94. The van der Waals surface area contributed by atoms with Crippen LogP contribution >= 0.6 is 15.9 Å². The largest absolute Gasteiger partial charge is 0.298 e. The molecule has 134 valence electrons. The van der Waals surface area contributed by atoms with Crippen molar-refractivity contribution in [2.75, 3.05) is 26.2 Å². The van der Waals surface area contributed by atoms with Gasteiger partial charge in [-0.3, -0.25) is 4.90 Å². The predicted molar refractivity (Wildman–Crippen MR) is 104 cm³/mol. The van der Waals surface area contributed by atoms with Crippen LogP contribution in [0, 0.1) is 6.92 Å². The zero-order valence-corrected chi connectivity index (χ0v) is 16.8. The summed E-state index contributed by atoms with van der Waals surface area (Å²) in [4.78, 5) is 2.70. The molecule has 0 aliphatic carbocycles. The summed E-state index contributed by atoms with van der Waals surface area (Å²) in [6, 6.07) is 15.4. The molecule has 3 rings (SSSR count). The van der Waals surface area contributed by atoms with Gasteiger partial charge in [-0.25, -0.2) is 8.42 Å². The van der Waals surface area contributed by atoms with Crippen molar-refractivity contribution in [1.82, 2.24) is 9.21 Å². The molecule has 0 spiro atoms. The molecule has 6 heteroatoms. The minimum absolute atomic E-state index is 0.364. The molecule has 1 heterocycles. The highest BCUT2D eigenvalue weighted by Crippen LogP contribution is 2.20. The number of benzene rings is 2. The van der Waals surface area contributed by atoms with Gasteiger partial charge in [0.25, 0.3) is 0 Å². The number of hydrogen-bond acceptors (Lipinski definition) is 3. The van der Waals surface area contributed by atoms with Crippen LogP contribution in [-0.2, 0) is 16.6 Å². The van der Waals surface area contributed by atoms with Crippen LogP contribution in [0.2, 0.25) is 0 Å². The van der Waals surface area contributed by atoms with Crippen molar-refractivity contribution < 1.29 is 8.42 Å². The second-order valence-electron chi connectivity index (χ2n) is 6.47. The third-order valence-corrected chi connectivity index (χ3v) is 6.97. The fourth-order valence-corrected chi connectivity index (χ4v) is 4.79. The van der Waals surface area contributed by atoms with Gasteiger partial charge in [0.05, 0.1) is 4.90 Å². The molecule has 0 aromatic heterocycles. The van der Waals surface area contributed by atoms with Gasteiger partial charge in [-0.2, -0.15) is 4.31 Å². The number of rotatable bonds is 4. The second-order valence-corrected chi connectivity index (χ2v) is 9.33. The van der Waals surface area contributed by atoms with E-state index in [0.29, 0.717) is 18.0 Å². The molecule has 2 aromatic rings. The van der Waals surface area contributed by atoms with E-state index in [9.17, 15) is 8.42 Å². The standard InChI is InChI=1S/C19H23BrN2O2S/c1-16-3-5-17(6-4-16)15-21-11-2-12-22(14-13-21)25(23,24)19-9-7-18(20)8-10-19/h3-10H,2,11-15H2,1H3. The molecule has 25 heavy (non-hydrogen) atoms. The van der Waals surface area contributed by atoms with E-state index in [0.717, 1.165) is 30.5 Å². The smallest absolute Gasteiger partial charge is 0.243 e. The van der Waals surface area contributed by atoms with Crippen LogP contribution < -0.4 is 0 Å². The van der Waals surface area contributed by atoms with E-state index in [1.165, 1.54) is 11.1 Å². The summed E-state index contributed by atoms with van der Waals surface area (Å²) in [5.74, 6) is 0. The maximum Gasteiger partial charge on any atom is 0.243 e. The lowest BCUT2D eigenvalue weighted by atomic mass is 10.1. The van der Waals surface area contributed by atoms with Crippen molar-refractivity contribution >= 4 is 26.0 Å². The molecule has 0 saturated carbocycles. The summed E-state index contributed by atoms with van der Waals surface area (Å²) in [6.45, 7) is 5.73. The van der Waals surface area contributed by atoms with Gasteiger partial charge in [0.15, 0.2) is 0 Å². The lowest BCUT2D eigenvalue weighted by Crippen LogP contribution is -2.35. The van der Waals surface area contributed by atoms with Gasteiger partial charge in [-0.05, 0) is 49.7 Å². The van der Waals surface area contributed by atoms with Crippen molar-refractivity contribution in [3.63, 3.8) is 0 Å². The highest BCUT2D eigenvalue weighted by molar-refractivity contribution is 9.10. The monoisotopic (exact) mass is 422 g/mol. The van der Waals surface area contributed by atoms with Crippen molar-refractivity contribution in [3.05, 3.63) is 64.1 Å². The summed E-state index contributed by atoms with van der Waals surface area (Å²) in [6.07, 6.45) is 0.849. The van der Waals surface area contributed by atoms with Crippen LogP contribution in [-0.4, -0.2) is 43.8 Å². The van der Waals surface area contributed by atoms with E-state index in [1.54, 1.807) is 28.6 Å². The Morgan fingerprint density at radius 1 is 0.920 bits per heavy atom. The van der Waals surface area contributed by atoms with Crippen LogP contribution in [0.3, 0.4) is 0 Å². The van der Waals surface area contributed by atoms with E-state index in [4.69, 9.17) is 0 Å². The molecule has 0 unspecified atom stereocenters. The Morgan fingerprint density at radius 2 is 1.60 bits per heavy atom. The minimum Gasteiger partial charge on any atom is -0.298 e. The van der Waals surface area contributed by atoms with Crippen molar-refractivity contribution in [1.29, 1.82) is 0 Å². The van der Waals surface area contributed by atoms with Gasteiger partial charge in [0.2, 0.25) is 10.0 Å². The third kappa shape index (κ3) is 4.70. The molecule has 2 aromatic carbocycles. The molecule has 1 fully saturated rings. The maximum absolute atomic E-state index is 12.8. The molecule has 0 N–H and O–H groups in total. The van der Waals surface area contributed by atoms with Gasteiger partial charge < -0.3 is 0 Å². The molecule has 0 radical (unpaired) electrons. The number of aryl methyl sites for hydroxylation is 1. The zero-order valence-electron chi connectivity index (χ0n) is 14.4. The molecule has 0 bridgehead atoms. The summed E-state index contributed by atoms with van der Waals surface area (Å²) < 4.78 is 28.2. The Bertz CT molecular complexity index is 804. The number of hydrogen-bond donors (Lipinski definition) is 0. The topological polar surface area (TPSA) is 40.6 Å². The molecule has 1 saturated heterocycles. The zero-order chi connectivity index (χ0) is 17.9. The normalized spacial score (nSPS) is 17.4. The van der Waals surface area contributed by atoms with Crippen LogP contribution in [0.5, 0.6) is 0 Å². The SMILES string of the molecule is Cc1ccc(CN2CCCN(S(=O)(=O)c3ccc(Br)cc3)CC2)cc1. The molecular weight excluding hydrogens is 400 g/mol. The average Bonchev–Trinajstić information content (AvgIpc) is 2.83. The fourth-order valence-electron chi connectivity index (χ4n) is 3.05. The second kappa shape index (κ2) is 7.99. The lowest BCUT2D eigenvalue weighted by Gasteiger charge is -2.22. The Balaban J connectivity index is 1.66. The molecule has 0 atom stereocenters. The quantitative estimate of drug-likeness (QED) is 0.754. The van der Waals surface area contributed by atoms with E-state index >= 15 is 0 Å². The molecule has 4 nitrogen and oxygen atoms in total. The van der Waals surface area contributed by atoms with Crippen LogP contribution in [0.25, 0.3) is 0 Å². The van der Waals surface area contributed by atoms with Crippen molar-refractivity contribution in [3.8, 4) is 0 Å². The van der Waals surface area contributed by atoms with Gasteiger partial charge in [0, 0.05) is 30.7 Å². The summed E-state index contributed by atoms with van der Waals surface area (Å²) >= 11 is 3.35. The van der Waals surface area contributed by atoms with Crippen LogP contribution in [0.4, 0.5) is 0 Å². The third-order valence-electron chi connectivity index (χ3n) is 4.53. The minimum atomic E-state index is -3.42. The van der Waals surface area contributed by atoms with E-state index in [1.807, 2.05) is 0 Å². The molecule has 0 amide bonds. The molecule has 1 aliphatic heterocycles. The predicted octanol–water partition coefficient (Wildman–Crippen LogP) is 3.65. The van der Waals surface area contributed by atoms with Crippen LogP contribution in [0.1, 0.15) is 17.5 Å². The van der Waals surface area contributed by atoms with Gasteiger partial charge >= 0.3 is 0 Å². The highest BCUT2D eigenvalue weighted by Gasteiger charge is 2.26. The van der Waals surface area contributed by atoms with E-state index < -0.39 is 10.0 Å². The maximum atomic E-state index is 12.8.